The van der Waals surface area contributed by atoms with Gasteiger partial charge in [-0.05, 0) is 36.6 Å². The summed E-state index contributed by atoms with van der Waals surface area (Å²) in [5.41, 5.74) is 0. The number of hydrogen-bond donors (Lipinski definition) is 1. The summed E-state index contributed by atoms with van der Waals surface area (Å²) < 4.78 is 0. The van der Waals surface area contributed by atoms with E-state index >= 15 is 0 Å². The molecule has 1 aromatic rings. The minimum atomic E-state index is 0.775. The van der Waals surface area contributed by atoms with Gasteiger partial charge in [-0.1, -0.05) is 13.0 Å². The molecule has 72 valence electrons. The fourth-order valence-corrected chi connectivity index (χ4v) is 2.71. The number of nitrogens with one attached hydrogen (secondary N) is 1. The van der Waals surface area contributed by atoms with Crippen LogP contribution in [0.3, 0.4) is 0 Å². The van der Waals surface area contributed by atoms with E-state index in [1.54, 1.807) is 0 Å². The zero-order valence-corrected chi connectivity index (χ0v) is 8.94. The first-order valence-corrected chi connectivity index (χ1v) is 5.98. The Hall–Kier alpha value is -0.340. The van der Waals surface area contributed by atoms with Crippen molar-refractivity contribution in [3.63, 3.8) is 0 Å². The van der Waals surface area contributed by atoms with Gasteiger partial charge < -0.3 is 5.32 Å². The highest BCUT2D eigenvalue weighted by molar-refractivity contribution is 7.09. The molecule has 1 aliphatic carbocycles. The van der Waals surface area contributed by atoms with E-state index in [-0.39, 0.29) is 0 Å². The van der Waals surface area contributed by atoms with Gasteiger partial charge in [-0.3, -0.25) is 0 Å². The fourth-order valence-electron chi connectivity index (χ4n) is 2.05. The Morgan fingerprint density at radius 3 is 3.08 bits per heavy atom. The van der Waals surface area contributed by atoms with Crippen molar-refractivity contribution in [2.75, 3.05) is 0 Å². The van der Waals surface area contributed by atoms with Crippen LogP contribution in [0.25, 0.3) is 0 Å². The highest BCUT2D eigenvalue weighted by Crippen LogP contribution is 2.24. The summed E-state index contributed by atoms with van der Waals surface area (Å²) in [5.74, 6) is 0.931. The smallest absolute Gasteiger partial charge is 0.0302 e. The first-order valence-electron chi connectivity index (χ1n) is 5.10. The van der Waals surface area contributed by atoms with E-state index in [0.717, 1.165) is 18.5 Å². The largest absolute Gasteiger partial charge is 0.309 e. The van der Waals surface area contributed by atoms with E-state index in [2.05, 4.69) is 29.8 Å². The van der Waals surface area contributed by atoms with Gasteiger partial charge in [0.25, 0.3) is 0 Å². The highest BCUT2D eigenvalue weighted by Gasteiger charge is 2.20. The van der Waals surface area contributed by atoms with Crippen molar-refractivity contribution in [2.24, 2.45) is 5.92 Å². The maximum absolute atomic E-state index is 3.62. The van der Waals surface area contributed by atoms with E-state index in [1.165, 1.54) is 24.1 Å². The Bertz CT molecular complexity index is 243. The lowest BCUT2D eigenvalue weighted by Gasteiger charge is -2.10. The zero-order valence-electron chi connectivity index (χ0n) is 8.12. The van der Waals surface area contributed by atoms with Crippen LogP contribution in [0.4, 0.5) is 0 Å². The molecule has 0 aliphatic heterocycles. The maximum Gasteiger partial charge on any atom is 0.0302 e. The van der Waals surface area contributed by atoms with Gasteiger partial charge in [0.05, 0.1) is 0 Å². The van der Waals surface area contributed by atoms with Gasteiger partial charge in [0.15, 0.2) is 0 Å². The summed E-state index contributed by atoms with van der Waals surface area (Å²) in [6.45, 7) is 3.42. The predicted octanol–water partition coefficient (Wildman–Crippen LogP) is 3.03. The summed E-state index contributed by atoms with van der Waals surface area (Å²) in [7, 11) is 0. The van der Waals surface area contributed by atoms with Gasteiger partial charge in [-0.25, -0.2) is 0 Å². The topological polar surface area (TPSA) is 12.0 Å². The number of hydrogen-bond acceptors (Lipinski definition) is 2. The molecule has 1 fully saturated rings. The van der Waals surface area contributed by atoms with Gasteiger partial charge in [-0.2, -0.15) is 0 Å². The van der Waals surface area contributed by atoms with E-state index in [9.17, 15) is 0 Å². The van der Waals surface area contributed by atoms with E-state index in [0.29, 0.717) is 0 Å². The molecular weight excluding hydrogens is 178 g/mol. The molecule has 1 nitrogen and oxygen atoms in total. The normalized spacial score (nSPS) is 28.1. The quantitative estimate of drug-likeness (QED) is 0.781. The minimum Gasteiger partial charge on any atom is -0.309 e. The Morgan fingerprint density at radius 2 is 2.46 bits per heavy atom. The predicted molar refractivity (Wildman–Crippen MR) is 58.0 cm³/mol. The van der Waals surface area contributed by atoms with Crippen molar-refractivity contribution in [3.05, 3.63) is 22.4 Å². The van der Waals surface area contributed by atoms with Crippen LogP contribution >= 0.6 is 11.3 Å². The Morgan fingerprint density at radius 1 is 1.54 bits per heavy atom. The molecule has 0 unspecified atom stereocenters. The van der Waals surface area contributed by atoms with Crippen molar-refractivity contribution < 1.29 is 0 Å². The van der Waals surface area contributed by atoms with Crippen molar-refractivity contribution >= 4 is 11.3 Å². The second-order valence-electron chi connectivity index (χ2n) is 4.08. The van der Waals surface area contributed by atoms with Gasteiger partial charge in [0.2, 0.25) is 0 Å². The lowest BCUT2D eigenvalue weighted by Crippen LogP contribution is -2.25. The molecule has 1 saturated carbocycles. The van der Waals surface area contributed by atoms with Crippen LogP contribution in [0.5, 0.6) is 0 Å². The summed E-state index contributed by atoms with van der Waals surface area (Å²) in [6, 6.07) is 5.10. The summed E-state index contributed by atoms with van der Waals surface area (Å²) >= 11 is 1.84. The molecule has 1 heterocycles. The molecule has 1 aromatic heterocycles. The molecule has 0 saturated heterocycles. The van der Waals surface area contributed by atoms with Crippen molar-refractivity contribution in [1.82, 2.24) is 5.32 Å². The number of thiophene rings is 1. The van der Waals surface area contributed by atoms with Crippen molar-refractivity contribution in [2.45, 2.75) is 38.8 Å². The van der Waals surface area contributed by atoms with Crippen molar-refractivity contribution in [3.8, 4) is 0 Å². The van der Waals surface area contributed by atoms with Crippen LogP contribution in [0.15, 0.2) is 17.5 Å². The summed E-state index contributed by atoms with van der Waals surface area (Å²) in [4.78, 5) is 1.46. The standard InChI is InChI=1S/C11H17NS/c1-9-4-5-10(7-9)12-8-11-3-2-6-13-11/h2-3,6,9-10,12H,4-5,7-8H2,1H3/t9-,10-/m0/s1. The van der Waals surface area contributed by atoms with E-state index in [4.69, 9.17) is 0 Å². The first-order chi connectivity index (χ1) is 6.34. The first kappa shape index (κ1) is 9.22. The molecule has 1 N–H and O–H groups in total. The third-order valence-electron chi connectivity index (χ3n) is 2.84. The Balaban J connectivity index is 1.74. The average molecular weight is 195 g/mol. The second-order valence-corrected chi connectivity index (χ2v) is 5.11. The summed E-state index contributed by atoms with van der Waals surface area (Å²) in [6.07, 6.45) is 4.14. The Kier molecular flexibility index (Phi) is 3.01. The molecule has 0 spiro atoms. The molecular formula is C11H17NS. The van der Waals surface area contributed by atoms with Crippen LogP contribution in [0.2, 0.25) is 0 Å². The van der Waals surface area contributed by atoms with Gasteiger partial charge in [0, 0.05) is 17.5 Å². The van der Waals surface area contributed by atoms with E-state index in [1.807, 2.05) is 11.3 Å². The van der Waals surface area contributed by atoms with Crippen LogP contribution in [0.1, 0.15) is 31.1 Å². The third-order valence-corrected chi connectivity index (χ3v) is 3.72. The second kappa shape index (κ2) is 4.25. The van der Waals surface area contributed by atoms with Gasteiger partial charge in [0.1, 0.15) is 0 Å². The fraction of sp³-hybridized carbons (Fsp3) is 0.636. The maximum atomic E-state index is 3.62. The monoisotopic (exact) mass is 195 g/mol. The average Bonchev–Trinajstić information content (AvgIpc) is 2.71. The van der Waals surface area contributed by atoms with Crippen LogP contribution in [-0.2, 0) is 6.54 Å². The molecule has 2 rings (SSSR count). The lowest BCUT2D eigenvalue weighted by atomic mass is 10.1. The Labute approximate surface area is 84.2 Å². The molecule has 0 aromatic carbocycles. The molecule has 1 aliphatic rings. The minimum absolute atomic E-state index is 0.775. The van der Waals surface area contributed by atoms with Gasteiger partial charge >= 0.3 is 0 Å². The molecule has 13 heavy (non-hydrogen) atoms. The SMILES string of the molecule is C[C@H]1CC[C@H](NCc2cccs2)C1. The molecule has 0 bridgehead atoms. The zero-order chi connectivity index (χ0) is 9.10. The molecule has 2 heteroatoms. The molecule has 2 atom stereocenters. The summed E-state index contributed by atoms with van der Waals surface area (Å²) in [5, 5.41) is 5.77. The van der Waals surface area contributed by atoms with E-state index < -0.39 is 0 Å². The lowest BCUT2D eigenvalue weighted by molar-refractivity contribution is 0.504. The molecule has 0 amide bonds. The van der Waals surface area contributed by atoms with Gasteiger partial charge in [-0.15, -0.1) is 11.3 Å². The highest BCUT2D eigenvalue weighted by atomic mass is 32.1. The van der Waals surface area contributed by atoms with Crippen LogP contribution < -0.4 is 5.32 Å². The third kappa shape index (κ3) is 2.55. The number of rotatable bonds is 3. The van der Waals surface area contributed by atoms with Crippen LogP contribution in [0, 0.1) is 5.92 Å². The molecule has 0 radical (unpaired) electrons. The van der Waals surface area contributed by atoms with Crippen molar-refractivity contribution in [1.29, 1.82) is 0 Å². The van der Waals surface area contributed by atoms with Crippen LogP contribution in [-0.4, -0.2) is 6.04 Å².